The zero-order valence-corrected chi connectivity index (χ0v) is 11.8. The summed E-state index contributed by atoms with van der Waals surface area (Å²) in [6.45, 7) is 3.28. The summed E-state index contributed by atoms with van der Waals surface area (Å²) in [4.78, 5) is 1.68. The van der Waals surface area contributed by atoms with Crippen molar-refractivity contribution < 1.29 is 23.1 Å². The van der Waals surface area contributed by atoms with Crippen LogP contribution in [0.15, 0.2) is 23.4 Å². The smallest absolute Gasteiger partial charge is 0.409 e. The highest BCUT2D eigenvalue weighted by Crippen LogP contribution is 2.32. The largest absolute Gasteiger partial charge is 0.416 e. The number of ether oxygens (including phenoxy) is 1. The number of oxime groups is 1. The van der Waals surface area contributed by atoms with Crippen LogP contribution in [0.2, 0.25) is 0 Å². The molecule has 0 radical (unpaired) electrons. The van der Waals surface area contributed by atoms with E-state index in [1.807, 2.05) is 6.92 Å². The molecule has 0 aliphatic rings. The quantitative estimate of drug-likeness (QED) is 0.278. The third kappa shape index (κ3) is 4.52. The van der Waals surface area contributed by atoms with Gasteiger partial charge >= 0.3 is 6.18 Å². The van der Waals surface area contributed by atoms with Gasteiger partial charge in [0.25, 0.3) is 0 Å². The highest BCUT2D eigenvalue weighted by molar-refractivity contribution is 6.02. The molecule has 21 heavy (non-hydrogen) atoms. The number of amidine groups is 1. The van der Waals surface area contributed by atoms with Gasteiger partial charge in [-0.2, -0.15) is 13.2 Å². The summed E-state index contributed by atoms with van der Waals surface area (Å²) in [6, 6.07) is 3.12. The van der Waals surface area contributed by atoms with Crippen molar-refractivity contribution in [2.75, 3.05) is 31.7 Å². The molecule has 1 aromatic carbocycles. The first-order valence-corrected chi connectivity index (χ1v) is 6.29. The molecule has 0 unspecified atom stereocenters. The number of rotatable bonds is 6. The Morgan fingerprint density at radius 3 is 2.62 bits per heavy atom. The fraction of sp³-hybridized carbons (Fsp3) is 0.462. The van der Waals surface area contributed by atoms with Crippen molar-refractivity contribution in [3.05, 3.63) is 29.3 Å². The second-order valence-electron chi connectivity index (χ2n) is 4.33. The van der Waals surface area contributed by atoms with E-state index in [9.17, 15) is 13.2 Å². The Kier molecular flexibility index (Phi) is 5.83. The van der Waals surface area contributed by atoms with Gasteiger partial charge in [-0.25, -0.2) is 0 Å². The van der Waals surface area contributed by atoms with Crippen molar-refractivity contribution >= 4 is 11.5 Å². The molecule has 0 bridgehead atoms. The van der Waals surface area contributed by atoms with Crippen molar-refractivity contribution in [3.63, 3.8) is 0 Å². The lowest BCUT2D eigenvalue weighted by Crippen LogP contribution is -2.27. The van der Waals surface area contributed by atoms with Gasteiger partial charge in [-0.05, 0) is 25.1 Å². The highest BCUT2D eigenvalue weighted by atomic mass is 19.4. The fourth-order valence-electron chi connectivity index (χ4n) is 1.77. The van der Waals surface area contributed by atoms with Crippen LogP contribution in [0.4, 0.5) is 18.9 Å². The second kappa shape index (κ2) is 7.16. The molecule has 0 spiro atoms. The molecule has 1 aromatic rings. The Morgan fingerprint density at radius 2 is 2.10 bits per heavy atom. The van der Waals surface area contributed by atoms with Gasteiger partial charge in [0.1, 0.15) is 0 Å². The molecular weight excluding hydrogens is 287 g/mol. The maximum atomic E-state index is 12.7. The average Bonchev–Trinajstić information content (AvgIpc) is 2.45. The van der Waals surface area contributed by atoms with Crippen LogP contribution in [0.1, 0.15) is 18.1 Å². The van der Waals surface area contributed by atoms with Crippen LogP contribution in [0.5, 0.6) is 0 Å². The Bertz CT molecular complexity index is 504. The Hall–Kier alpha value is -1.96. The monoisotopic (exact) mass is 305 g/mol. The lowest BCUT2D eigenvalue weighted by atomic mass is 10.1. The summed E-state index contributed by atoms with van der Waals surface area (Å²) < 4.78 is 43.4. The molecule has 8 heteroatoms. The Labute approximate surface area is 120 Å². The summed E-state index contributed by atoms with van der Waals surface area (Å²) >= 11 is 0. The SMILES string of the molecule is CCOCCN(C)c1ccc(C(F)(F)F)cc1/C(N)=N/O. The molecule has 0 saturated carbocycles. The first-order valence-electron chi connectivity index (χ1n) is 6.29. The van der Waals surface area contributed by atoms with Crippen LogP contribution in [-0.4, -0.2) is 37.8 Å². The molecule has 0 heterocycles. The molecule has 1 rings (SSSR count). The minimum atomic E-state index is -4.49. The van der Waals surface area contributed by atoms with Gasteiger partial charge in [0, 0.05) is 31.5 Å². The molecular formula is C13H18F3N3O2. The number of hydrogen-bond donors (Lipinski definition) is 2. The molecule has 0 saturated heterocycles. The van der Waals surface area contributed by atoms with Gasteiger partial charge in [0.2, 0.25) is 0 Å². The fourth-order valence-corrected chi connectivity index (χ4v) is 1.77. The lowest BCUT2D eigenvalue weighted by molar-refractivity contribution is -0.137. The van der Waals surface area contributed by atoms with Crippen LogP contribution in [0.25, 0.3) is 0 Å². The normalized spacial score (nSPS) is 12.5. The van der Waals surface area contributed by atoms with Crippen LogP contribution in [0, 0.1) is 0 Å². The van der Waals surface area contributed by atoms with E-state index >= 15 is 0 Å². The van der Waals surface area contributed by atoms with E-state index in [-0.39, 0.29) is 11.4 Å². The van der Waals surface area contributed by atoms with E-state index in [1.165, 1.54) is 6.07 Å². The molecule has 118 valence electrons. The second-order valence-corrected chi connectivity index (χ2v) is 4.33. The number of likely N-dealkylation sites (N-methyl/N-ethyl adjacent to an activating group) is 1. The van der Waals surface area contributed by atoms with Gasteiger partial charge in [-0.3, -0.25) is 0 Å². The summed E-state index contributed by atoms with van der Waals surface area (Å²) in [5.74, 6) is -0.376. The number of anilines is 1. The van der Waals surface area contributed by atoms with Gasteiger partial charge in [0.15, 0.2) is 5.84 Å². The van der Waals surface area contributed by atoms with Crippen molar-refractivity contribution in [2.24, 2.45) is 10.9 Å². The molecule has 5 nitrogen and oxygen atoms in total. The maximum Gasteiger partial charge on any atom is 0.416 e. The minimum absolute atomic E-state index is 0.0197. The number of benzene rings is 1. The predicted molar refractivity (Wildman–Crippen MR) is 73.7 cm³/mol. The van der Waals surface area contributed by atoms with Crippen molar-refractivity contribution in [2.45, 2.75) is 13.1 Å². The Balaban J connectivity index is 3.13. The van der Waals surface area contributed by atoms with E-state index in [2.05, 4.69) is 5.16 Å². The summed E-state index contributed by atoms with van der Waals surface area (Å²) in [5, 5.41) is 11.5. The molecule has 0 aromatic heterocycles. The highest BCUT2D eigenvalue weighted by Gasteiger charge is 2.31. The van der Waals surface area contributed by atoms with Crippen LogP contribution in [0.3, 0.4) is 0 Å². The van der Waals surface area contributed by atoms with Gasteiger partial charge in [-0.15, -0.1) is 0 Å². The average molecular weight is 305 g/mol. The molecule has 3 N–H and O–H groups in total. The third-order valence-corrected chi connectivity index (χ3v) is 2.89. The number of hydrogen-bond acceptors (Lipinski definition) is 4. The molecule has 0 fully saturated rings. The van der Waals surface area contributed by atoms with Crippen molar-refractivity contribution in [1.29, 1.82) is 0 Å². The van der Waals surface area contributed by atoms with Gasteiger partial charge in [-0.1, -0.05) is 5.16 Å². The maximum absolute atomic E-state index is 12.7. The zero-order chi connectivity index (χ0) is 16.0. The molecule has 0 amide bonds. The third-order valence-electron chi connectivity index (χ3n) is 2.89. The van der Waals surface area contributed by atoms with E-state index in [0.29, 0.717) is 25.4 Å². The van der Waals surface area contributed by atoms with E-state index in [0.717, 1.165) is 12.1 Å². The molecule has 0 atom stereocenters. The van der Waals surface area contributed by atoms with Gasteiger partial charge in [0.05, 0.1) is 12.2 Å². The summed E-state index contributed by atoms with van der Waals surface area (Å²) in [6.07, 6.45) is -4.49. The van der Waals surface area contributed by atoms with Gasteiger partial charge < -0.3 is 20.6 Å². The Morgan fingerprint density at radius 1 is 1.43 bits per heavy atom. The topological polar surface area (TPSA) is 71.1 Å². The van der Waals surface area contributed by atoms with Crippen molar-refractivity contribution in [1.82, 2.24) is 0 Å². The molecule has 0 aliphatic carbocycles. The van der Waals surface area contributed by atoms with E-state index < -0.39 is 11.7 Å². The number of halogens is 3. The number of alkyl halides is 3. The standard InChI is InChI=1S/C13H18F3N3O2/c1-3-21-7-6-19(2)11-5-4-9(13(14,15)16)8-10(11)12(17)18-20/h4-5,8,20H,3,6-7H2,1-2H3,(H2,17,18). The predicted octanol–water partition coefficient (Wildman–Crippen LogP) is 2.27. The summed E-state index contributed by atoms with van der Waals surface area (Å²) in [7, 11) is 1.69. The van der Waals surface area contributed by atoms with Crippen LogP contribution >= 0.6 is 0 Å². The molecule has 0 aliphatic heterocycles. The van der Waals surface area contributed by atoms with Crippen molar-refractivity contribution in [3.8, 4) is 0 Å². The van der Waals surface area contributed by atoms with Crippen LogP contribution in [-0.2, 0) is 10.9 Å². The first kappa shape index (κ1) is 17.1. The first-order chi connectivity index (χ1) is 9.81. The van der Waals surface area contributed by atoms with Crippen LogP contribution < -0.4 is 10.6 Å². The summed E-state index contributed by atoms with van der Waals surface area (Å²) in [5.41, 5.74) is 5.07. The number of nitrogens with two attached hydrogens (primary N) is 1. The lowest BCUT2D eigenvalue weighted by Gasteiger charge is -2.23. The zero-order valence-electron chi connectivity index (χ0n) is 11.8. The van der Waals surface area contributed by atoms with E-state index in [4.69, 9.17) is 15.7 Å². The minimum Gasteiger partial charge on any atom is -0.409 e. The van der Waals surface area contributed by atoms with E-state index in [1.54, 1.807) is 11.9 Å². The number of nitrogens with zero attached hydrogens (tertiary/aromatic N) is 2.